The Hall–Kier alpha value is -2.34. The van der Waals surface area contributed by atoms with E-state index in [-0.39, 0.29) is 11.4 Å². The summed E-state index contributed by atoms with van der Waals surface area (Å²) in [6, 6.07) is 12.4. The average Bonchev–Trinajstić information content (AvgIpc) is 3.16. The number of nitrogens with one attached hydrogen (secondary N) is 1. The van der Waals surface area contributed by atoms with E-state index in [1.54, 1.807) is 62.4 Å². The Morgan fingerprint density at radius 3 is 2.29 bits per heavy atom. The number of rotatable bonds is 9. The second-order valence-corrected chi connectivity index (χ2v) is 14.6. The molecule has 3 aliphatic carbocycles. The maximum Gasteiger partial charge on any atom is 0.390 e. The van der Waals surface area contributed by atoms with Crippen molar-refractivity contribution in [1.29, 1.82) is 0 Å². The first-order valence-corrected chi connectivity index (χ1v) is 15.4. The van der Waals surface area contributed by atoms with Crippen molar-refractivity contribution in [3.05, 3.63) is 64.1 Å². The Kier molecular flexibility index (Phi) is 7.45. The molecule has 7 nitrogen and oxygen atoms in total. The largest absolute Gasteiger partial charge is 0.390 e. The normalized spacial score (nSPS) is 26.6. The maximum atomic E-state index is 13.9. The summed E-state index contributed by atoms with van der Waals surface area (Å²) in [6.45, 7) is 3.23. The first-order chi connectivity index (χ1) is 19.0. The number of benzene rings is 2. The quantitative estimate of drug-likeness (QED) is 0.387. The molecule has 1 N–H and O–H groups in total. The standard InChI is InChI=1S/C28H31Cl2F3N4O3S/c1-25(2)22(23(38)36(3)12-11-28(31,32)33)34-24(35-25)26-15-27(16-26,17-26)37(14-18-9-10-20(29)21(30)13-18)41(39,40)19-7-5-4-6-8-19/h4-10,13,22H,11-12,14-17H2,1-3H3,(H,34,35)/t22-,26?,27?/m0/s1. The van der Waals surface area contributed by atoms with E-state index in [2.05, 4.69) is 10.3 Å². The third-order valence-corrected chi connectivity index (χ3v) is 11.1. The zero-order chi connectivity index (χ0) is 30.0. The summed E-state index contributed by atoms with van der Waals surface area (Å²) in [5, 5.41) is 4.04. The van der Waals surface area contributed by atoms with Crippen LogP contribution in [0.25, 0.3) is 0 Å². The Morgan fingerprint density at radius 1 is 1.07 bits per heavy atom. The van der Waals surface area contributed by atoms with Crippen molar-refractivity contribution in [2.24, 2.45) is 10.4 Å². The number of amidine groups is 1. The van der Waals surface area contributed by atoms with Crippen molar-refractivity contribution in [2.45, 2.75) is 74.3 Å². The molecule has 4 aliphatic rings. The van der Waals surface area contributed by atoms with Crippen LogP contribution in [0.15, 0.2) is 58.4 Å². The SMILES string of the molecule is CN(CCC(F)(F)F)C(=O)[C@@H]1N=C(C23CC(N(Cc4ccc(Cl)c(Cl)c4)S(=O)(=O)c4ccccc4)(C2)C3)NC1(C)C. The van der Waals surface area contributed by atoms with Crippen molar-refractivity contribution in [1.82, 2.24) is 14.5 Å². The van der Waals surface area contributed by atoms with Gasteiger partial charge in [0.25, 0.3) is 0 Å². The summed E-state index contributed by atoms with van der Waals surface area (Å²) >= 11 is 12.3. The number of carbonyl (C=O) groups is 1. The minimum atomic E-state index is -4.37. The van der Waals surface area contributed by atoms with Crippen LogP contribution in [0.1, 0.15) is 45.1 Å². The van der Waals surface area contributed by atoms with E-state index in [4.69, 9.17) is 23.2 Å². The molecule has 2 aromatic carbocycles. The number of amides is 1. The van der Waals surface area contributed by atoms with E-state index in [1.165, 1.54) is 11.4 Å². The highest BCUT2D eigenvalue weighted by atomic mass is 35.5. The topological polar surface area (TPSA) is 82.1 Å². The van der Waals surface area contributed by atoms with E-state index in [0.29, 0.717) is 40.7 Å². The number of halogens is 5. The van der Waals surface area contributed by atoms with Crippen LogP contribution < -0.4 is 5.32 Å². The lowest BCUT2D eigenvalue weighted by Crippen LogP contribution is -2.78. The number of hydrogen-bond acceptors (Lipinski definition) is 5. The summed E-state index contributed by atoms with van der Waals surface area (Å²) in [4.78, 5) is 19.0. The summed E-state index contributed by atoms with van der Waals surface area (Å²) in [6.07, 6.45) is -3.96. The number of sulfonamides is 1. The molecule has 3 saturated carbocycles. The van der Waals surface area contributed by atoms with Gasteiger partial charge in [0.2, 0.25) is 15.9 Å². The lowest BCUT2D eigenvalue weighted by Gasteiger charge is -2.73. The number of carbonyl (C=O) groups excluding carboxylic acids is 1. The van der Waals surface area contributed by atoms with Gasteiger partial charge in [-0.15, -0.1) is 0 Å². The summed E-state index contributed by atoms with van der Waals surface area (Å²) in [7, 11) is -2.54. The van der Waals surface area contributed by atoms with E-state index >= 15 is 0 Å². The maximum absolute atomic E-state index is 13.9. The molecular weight excluding hydrogens is 600 g/mol. The zero-order valence-corrected chi connectivity index (χ0v) is 25.1. The summed E-state index contributed by atoms with van der Waals surface area (Å²) in [5.41, 5.74) is -1.19. The van der Waals surface area contributed by atoms with Gasteiger partial charge in [0.1, 0.15) is 5.84 Å². The van der Waals surface area contributed by atoms with E-state index in [9.17, 15) is 26.4 Å². The molecule has 0 spiro atoms. The molecule has 2 aromatic rings. The van der Waals surface area contributed by atoms with E-state index < -0.39 is 57.6 Å². The van der Waals surface area contributed by atoms with E-state index in [1.807, 2.05) is 0 Å². The number of aliphatic imine (C=N–C) groups is 1. The van der Waals surface area contributed by atoms with Gasteiger partial charge in [-0.3, -0.25) is 9.79 Å². The van der Waals surface area contributed by atoms with Gasteiger partial charge in [0.05, 0.1) is 26.9 Å². The minimum absolute atomic E-state index is 0.0979. The molecule has 41 heavy (non-hydrogen) atoms. The third kappa shape index (κ3) is 5.46. The molecule has 1 aliphatic heterocycles. The Labute approximate surface area is 247 Å². The van der Waals surface area contributed by atoms with Gasteiger partial charge in [-0.25, -0.2) is 8.42 Å². The van der Waals surface area contributed by atoms with Crippen molar-refractivity contribution in [2.75, 3.05) is 13.6 Å². The molecule has 13 heteroatoms. The van der Waals surface area contributed by atoms with Crippen molar-refractivity contribution < 1.29 is 26.4 Å². The average molecular weight is 632 g/mol. The first-order valence-electron chi connectivity index (χ1n) is 13.2. The molecule has 2 bridgehead atoms. The fourth-order valence-electron chi connectivity index (χ4n) is 6.22. The molecule has 0 saturated heterocycles. The lowest BCUT2D eigenvalue weighted by molar-refractivity contribution is -0.151. The Bertz CT molecular complexity index is 1480. The van der Waals surface area contributed by atoms with Crippen molar-refractivity contribution in [3.8, 4) is 0 Å². The van der Waals surface area contributed by atoms with Crippen LogP contribution in [0.3, 0.4) is 0 Å². The lowest BCUT2D eigenvalue weighted by atomic mass is 9.38. The van der Waals surface area contributed by atoms with Gasteiger partial charge in [-0.2, -0.15) is 17.5 Å². The molecule has 1 atom stereocenters. The van der Waals surface area contributed by atoms with Gasteiger partial charge in [0, 0.05) is 31.1 Å². The van der Waals surface area contributed by atoms with Crippen LogP contribution in [-0.4, -0.2) is 66.3 Å². The Balaban J connectivity index is 1.38. The highest BCUT2D eigenvalue weighted by Crippen LogP contribution is 2.71. The summed E-state index contributed by atoms with van der Waals surface area (Å²) in [5.74, 6) is 0.120. The monoisotopic (exact) mass is 630 g/mol. The van der Waals surface area contributed by atoms with Gasteiger partial charge in [-0.05, 0) is 62.9 Å². The highest BCUT2D eigenvalue weighted by Gasteiger charge is 2.75. The fourth-order valence-corrected chi connectivity index (χ4v) is 8.32. The van der Waals surface area contributed by atoms with Crippen LogP contribution in [0, 0.1) is 5.41 Å². The van der Waals surface area contributed by atoms with Gasteiger partial charge < -0.3 is 10.2 Å². The fraction of sp³-hybridized carbons (Fsp3) is 0.500. The number of nitrogens with zero attached hydrogens (tertiary/aromatic N) is 3. The van der Waals surface area contributed by atoms with Crippen LogP contribution in [-0.2, 0) is 21.4 Å². The molecule has 1 amide bonds. The number of alkyl halides is 3. The molecule has 6 rings (SSSR count). The minimum Gasteiger partial charge on any atom is -0.366 e. The van der Waals surface area contributed by atoms with Crippen LogP contribution in [0.2, 0.25) is 10.0 Å². The summed E-state index contributed by atoms with van der Waals surface area (Å²) < 4.78 is 67.5. The van der Waals surface area contributed by atoms with Gasteiger partial charge >= 0.3 is 6.18 Å². The number of hydrogen-bond donors (Lipinski definition) is 1. The van der Waals surface area contributed by atoms with Crippen molar-refractivity contribution >= 4 is 45.0 Å². The smallest absolute Gasteiger partial charge is 0.366 e. The van der Waals surface area contributed by atoms with Crippen molar-refractivity contribution in [3.63, 3.8) is 0 Å². The second kappa shape index (κ2) is 10.1. The molecule has 1 heterocycles. The zero-order valence-electron chi connectivity index (χ0n) is 22.8. The number of likely N-dealkylation sites (N-methyl/N-ethyl adjacent to an activating group) is 1. The third-order valence-electron chi connectivity index (χ3n) is 8.40. The molecule has 222 valence electrons. The molecular formula is C28H31Cl2F3N4O3S. The molecule has 3 fully saturated rings. The van der Waals surface area contributed by atoms with Gasteiger partial charge in [-0.1, -0.05) is 47.5 Å². The molecule has 0 aromatic heterocycles. The van der Waals surface area contributed by atoms with Crippen LogP contribution >= 0.6 is 23.2 Å². The van der Waals surface area contributed by atoms with Gasteiger partial charge in [0.15, 0.2) is 6.04 Å². The predicted molar refractivity (Wildman–Crippen MR) is 151 cm³/mol. The first kappa shape index (κ1) is 30.1. The van der Waals surface area contributed by atoms with Crippen LogP contribution in [0.5, 0.6) is 0 Å². The second-order valence-electron chi connectivity index (χ2n) is 12.0. The van der Waals surface area contributed by atoms with Crippen LogP contribution in [0.4, 0.5) is 13.2 Å². The molecule has 0 unspecified atom stereocenters. The predicted octanol–water partition coefficient (Wildman–Crippen LogP) is 5.67. The highest BCUT2D eigenvalue weighted by molar-refractivity contribution is 7.89. The Morgan fingerprint density at radius 2 is 1.71 bits per heavy atom. The molecule has 0 radical (unpaired) electrons. The van der Waals surface area contributed by atoms with E-state index in [0.717, 1.165) is 4.90 Å².